The summed E-state index contributed by atoms with van der Waals surface area (Å²) in [6, 6.07) is 4.57. The van der Waals surface area contributed by atoms with Gasteiger partial charge in [0, 0.05) is 18.8 Å². The summed E-state index contributed by atoms with van der Waals surface area (Å²) in [6.07, 6.45) is 1.00. The smallest absolute Gasteiger partial charge is 0.307 e. The minimum absolute atomic E-state index is 0.0185. The maximum absolute atomic E-state index is 12.9. The fourth-order valence-electron chi connectivity index (χ4n) is 3.22. The van der Waals surface area contributed by atoms with E-state index in [9.17, 15) is 18.0 Å². The predicted octanol–water partition coefficient (Wildman–Crippen LogP) is 1.40. The number of rotatable bonds is 3. The Bertz CT molecular complexity index is 816. The third-order valence-corrected chi connectivity index (χ3v) is 6.71. The molecular weight excluding hydrogens is 332 g/mol. The van der Waals surface area contributed by atoms with Crippen molar-refractivity contribution in [2.75, 3.05) is 18.4 Å². The molecule has 2 aliphatic rings. The van der Waals surface area contributed by atoms with E-state index >= 15 is 0 Å². The van der Waals surface area contributed by atoms with E-state index in [1.54, 1.807) is 19.9 Å². The van der Waals surface area contributed by atoms with Crippen LogP contribution in [0.2, 0.25) is 0 Å². The number of aliphatic carboxylic acids is 1. The summed E-state index contributed by atoms with van der Waals surface area (Å²) in [6.45, 7) is 3.77. The molecule has 0 bridgehead atoms. The van der Waals surface area contributed by atoms with Crippen LogP contribution < -0.4 is 5.32 Å². The van der Waals surface area contributed by atoms with Crippen molar-refractivity contribution in [2.45, 2.75) is 37.0 Å². The maximum atomic E-state index is 12.9. The highest BCUT2D eigenvalue weighted by atomic mass is 32.2. The van der Waals surface area contributed by atoms with Crippen molar-refractivity contribution in [3.63, 3.8) is 0 Å². The molecule has 2 heterocycles. The van der Waals surface area contributed by atoms with Crippen molar-refractivity contribution in [1.29, 1.82) is 0 Å². The summed E-state index contributed by atoms with van der Waals surface area (Å²) in [5, 5.41) is 11.9. The average molecular weight is 352 g/mol. The summed E-state index contributed by atoms with van der Waals surface area (Å²) < 4.78 is 27.0. The van der Waals surface area contributed by atoms with Crippen molar-refractivity contribution in [2.24, 2.45) is 5.92 Å². The molecule has 2 aliphatic heterocycles. The van der Waals surface area contributed by atoms with E-state index in [1.165, 1.54) is 16.4 Å². The number of anilines is 1. The van der Waals surface area contributed by atoms with Crippen molar-refractivity contribution >= 4 is 27.6 Å². The Morgan fingerprint density at radius 1 is 1.38 bits per heavy atom. The van der Waals surface area contributed by atoms with Crippen LogP contribution in [0.5, 0.6) is 0 Å². The topological polar surface area (TPSA) is 104 Å². The first-order valence-corrected chi connectivity index (χ1v) is 9.27. The van der Waals surface area contributed by atoms with Crippen LogP contribution in [0.15, 0.2) is 23.1 Å². The van der Waals surface area contributed by atoms with Gasteiger partial charge in [-0.1, -0.05) is 0 Å². The fourth-order valence-corrected chi connectivity index (χ4v) is 4.77. The van der Waals surface area contributed by atoms with Crippen LogP contribution in [0.1, 0.15) is 32.3 Å². The number of hydrogen-bond donors (Lipinski definition) is 2. The van der Waals surface area contributed by atoms with E-state index in [2.05, 4.69) is 5.32 Å². The second-order valence-corrected chi connectivity index (χ2v) is 8.76. The molecule has 1 fully saturated rings. The Labute approximate surface area is 140 Å². The van der Waals surface area contributed by atoms with Crippen LogP contribution in [0.25, 0.3) is 0 Å². The molecule has 3 rings (SSSR count). The number of carbonyl (C=O) groups is 2. The number of sulfonamides is 1. The first kappa shape index (κ1) is 16.9. The highest BCUT2D eigenvalue weighted by Gasteiger charge is 2.40. The van der Waals surface area contributed by atoms with Gasteiger partial charge in [-0.3, -0.25) is 9.59 Å². The van der Waals surface area contributed by atoms with Gasteiger partial charge >= 0.3 is 5.97 Å². The second-order valence-electron chi connectivity index (χ2n) is 6.83. The molecule has 0 aromatic heterocycles. The molecule has 0 unspecified atom stereocenters. The normalized spacial score (nSPS) is 23.6. The summed E-state index contributed by atoms with van der Waals surface area (Å²) in [7, 11) is -3.79. The highest BCUT2D eigenvalue weighted by Crippen LogP contribution is 2.39. The highest BCUT2D eigenvalue weighted by molar-refractivity contribution is 7.89. The lowest BCUT2D eigenvalue weighted by Crippen LogP contribution is -2.42. The van der Waals surface area contributed by atoms with Gasteiger partial charge < -0.3 is 10.4 Å². The van der Waals surface area contributed by atoms with Crippen LogP contribution in [-0.4, -0.2) is 42.8 Å². The molecule has 1 aromatic rings. The number of fused-ring (bicyclic) bond motifs is 1. The molecule has 0 saturated carbocycles. The van der Waals surface area contributed by atoms with E-state index in [0.29, 0.717) is 30.6 Å². The van der Waals surface area contributed by atoms with Gasteiger partial charge in [0.05, 0.1) is 16.2 Å². The van der Waals surface area contributed by atoms with Crippen LogP contribution in [0.4, 0.5) is 5.69 Å². The summed E-state index contributed by atoms with van der Waals surface area (Å²) >= 11 is 0. The largest absolute Gasteiger partial charge is 0.481 e. The van der Waals surface area contributed by atoms with Crippen molar-refractivity contribution in [3.8, 4) is 0 Å². The lowest BCUT2D eigenvalue weighted by molar-refractivity contribution is -0.142. The minimum atomic E-state index is -3.79. The molecule has 1 saturated heterocycles. The van der Waals surface area contributed by atoms with Gasteiger partial charge in [-0.15, -0.1) is 0 Å². The first-order valence-electron chi connectivity index (χ1n) is 7.83. The van der Waals surface area contributed by atoms with E-state index < -0.39 is 27.3 Å². The molecule has 1 atom stereocenters. The van der Waals surface area contributed by atoms with Crippen molar-refractivity contribution < 1.29 is 23.1 Å². The van der Waals surface area contributed by atoms with Crippen molar-refractivity contribution in [3.05, 3.63) is 23.8 Å². The molecule has 2 N–H and O–H groups in total. The molecule has 0 spiro atoms. The summed E-state index contributed by atoms with van der Waals surface area (Å²) in [5.74, 6) is -1.82. The van der Waals surface area contributed by atoms with E-state index in [0.717, 1.165) is 0 Å². The third-order valence-electron chi connectivity index (χ3n) is 4.85. The number of carbonyl (C=O) groups excluding carboxylic acids is 1. The number of nitrogens with one attached hydrogen (secondary N) is 1. The molecule has 8 heteroatoms. The number of piperidine rings is 1. The Hall–Kier alpha value is -1.93. The summed E-state index contributed by atoms with van der Waals surface area (Å²) in [4.78, 5) is 23.3. The zero-order chi connectivity index (χ0) is 17.7. The Morgan fingerprint density at radius 3 is 2.75 bits per heavy atom. The zero-order valence-electron chi connectivity index (χ0n) is 13.6. The Morgan fingerprint density at radius 2 is 2.08 bits per heavy atom. The van der Waals surface area contributed by atoms with Crippen LogP contribution in [0.3, 0.4) is 0 Å². The fraction of sp³-hybridized carbons (Fsp3) is 0.500. The van der Waals surface area contributed by atoms with E-state index in [4.69, 9.17) is 5.11 Å². The van der Waals surface area contributed by atoms with Gasteiger partial charge in [0.2, 0.25) is 15.9 Å². The standard InChI is InChI=1S/C16H20N2O5S/c1-16(2)12-8-11(5-6-13(12)17-15(16)21)24(22,23)18-7-3-4-10(9-18)14(19)20/h5-6,8,10H,3-4,7,9H2,1-2H3,(H,17,21)(H,19,20)/t10-/m1/s1. The zero-order valence-corrected chi connectivity index (χ0v) is 14.4. The number of nitrogens with zero attached hydrogens (tertiary/aromatic N) is 1. The predicted molar refractivity (Wildman–Crippen MR) is 87.2 cm³/mol. The molecule has 7 nitrogen and oxygen atoms in total. The van der Waals surface area contributed by atoms with E-state index in [-0.39, 0.29) is 17.3 Å². The number of hydrogen-bond acceptors (Lipinski definition) is 4. The van der Waals surface area contributed by atoms with Crippen LogP contribution in [-0.2, 0) is 25.0 Å². The first-order chi connectivity index (χ1) is 11.1. The Balaban J connectivity index is 1.96. The van der Waals surface area contributed by atoms with Crippen LogP contribution >= 0.6 is 0 Å². The van der Waals surface area contributed by atoms with Gasteiger partial charge in [-0.05, 0) is 50.5 Å². The number of amides is 1. The second kappa shape index (κ2) is 5.56. The van der Waals surface area contributed by atoms with Gasteiger partial charge in [0.25, 0.3) is 0 Å². The number of benzene rings is 1. The quantitative estimate of drug-likeness (QED) is 0.856. The summed E-state index contributed by atoms with van der Waals surface area (Å²) in [5.41, 5.74) is 0.457. The molecule has 1 aromatic carbocycles. The van der Waals surface area contributed by atoms with Gasteiger partial charge in [0.15, 0.2) is 0 Å². The molecule has 0 aliphatic carbocycles. The van der Waals surface area contributed by atoms with Crippen LogP contribution in [0, 0.1) is 5.92 Å². The average Bonchev–Trinajstić information content (AvgIpc) is 2.77. The Kier molecular flexibility index (Phi) is 3.92. The lowest BCUT2D eigenvalue weighted by atomic mass is 9.86. The number of carboxylic acids is 1. The van der Waals surface area contributed by atoms with Gasteiger partial charge in [-0.2, -0.15) is 4.31 Å². The van der Waals surface area contributed by atoms with Gasteiger partial charge in [0.1, 0.15) is 0 Å². The van der Waals surface area contributed by atoms with Crippen molar-refractivity contribution in [1.82, 2.24) is 4.31 Å². The number of carboxylic acid groups (broad SMARTS) is 1. The molecule has 0 radical (unpaired) electrons. The third kappa shape index (κ3) is 2.59. The maximum Gasteiger partial charge on any atom is 0.307 e. The monoisotopic (exact) mass is 352 g/mol. The van der Waals surface area contributed by atoms with E-state index in [1.807, 2.05) is 0 Å². The molecule has 130 valence electrons. The molecular formula is C16H20N2O5S. The SMILES string of the molecule is CC1(C)C(=O)Nc2ccc(S(=O)(=O)N3CCC[C@@H](C(=O)O)C3)cc21. The molecule has 24 heavy (non-hydrogen) atoms. The van der Waals surface area contributed by atoms with Gasteiger partial charge in [-0.25, -0.2) is 8.42 Å². The lowest BCUT2D eigenvalue weighted by Gasteiger charge is -2.30. The molecule has 1 amide bonds. The minimum Gasteiger partial charge on any atom is -0.481 e.